The van der Waals surface area contributed by atoms with Crippen LogP contribution in [-0.4, -0.2) is 67.7 Å². The summed E-state index contributed by atoms with van der Waals surface area (Å²) in [5.74, 6) is -0.347. The second-order valence-electron chi connectivity index (χ2n) is 6.88. The van der Waals surface area contributed by atoms with Crippen LogP contribution in [0.1, 0.15) is 20.8 Å². The van der Waals surface area contributed by atoms with Crippen molar-refractivity contribution in [2.45, 2.75) is 27.3 Å². The maximum Gasteiger partial charge on any atom is 0.323 e. The highest BCUT2D eigenvalue weighted by Gasteiger charge is 2.36. The summed E-state index contributed by atoms with van der Waals surface area (Å²) in [4.78, 5) is 40.4. The Balaban J connectivity index is 2.08. The van der Waals surface area contributed by atoms with Crippen molar-refractivity contribution in [3.63, 3.8) is 0 Å². The van der Waals surface area contributed by atoms with E-state index in [1.807, 2.05) is 19.1 Å². The number of allylic oxidation sites excluding steroid dienone is 2. The van der Waals surface area contributed by atoms with Crippen molar-refractivity contribution in [3.05, 3.63) is 41.3 Å². The first-order valence-corrected chi connectivity index (χ1v) is 13.5. The molecule has 2 aliphatic heterocycles. The molecule has 12 heteroatoms. The number of aliphatic carboxylic acids is 1. The molecule has 0 bridgehead atoms. The van der Waals surface area contributed by atoms with Gasteiger partial charge in [-0.25, -0.2) is 0 Å². The highest BCUT2D eigenvalue weighted by atomic mass is 32.2. The van der Waals surface area contributed by atoms with Gasteiger partial charge in [-0.3, -0.25) is 23.9 Å². The van der Waals surface area contributed by atoms with Crippen LogP contribution in [0.4, 0.5) is 0 Å². The number of carbonyl (C=O) groups excluding carboxylic acids is 1. The van der Waals surface area contributed by atoms with E-state index in [0.717, 1.165) is 40.5 Å². The highest BCUT2D eigenvalue weighted by molar-refractivity contribution is 8.26. The van der Waals surface area contributed by atoms with Gasteiger partial charge in [-0.05, 0) is 32.9 Å². The molecule has 0 unspecified atom stereocenters. The van der Waals surface area contributed by atoms with Gasteiger partial charge >= 0.3 is 5.97 Å². The van der Waals surface area contributed by atoms with Crippen molar-refractivity contribution in [1.82, 2.24) is 14.4 Å². The molecule has 1 aromatic rings. The van der Waals surface area contributed by atoms with E-state index in [9.17, 15) is 14.4 Å². The van der Waals surface area contributed by atoms with Gasteiger partial charge in [0.2, 0.25) is 0 Å². The quantitative estimate of drug-likeness (QED) is 0.307. The molecule has 0 atom stereocenters. The van der Waals surface area contributed by atoms with Gasteiger partial charge in [0.25, 0.3) is 11.5 Å². The van der Waals surface area contributed by atoms with Gasteiger partial charge < -0.3 is 14.7 Å². The monoisotopic (exact) mass is 527 g/mol. The fourth-order valence-electron chi connectivity index (χ4n) is 3.29. The molecular formula is C21H25N3O5S4. The molecule has 2 saturated heterocycles. The first-order valence-electron chi connectivity index (χ1n) is 10.4. The minimum absolute atomic E-state index is 0.106. The molecule has 0 spiro atoms. The second kappa shape index (κ2) is 11.4. The zero-order chi connectivity index (χ0) is 24.1. The van der Waals surface area contributed by atoms with Crippen molar-refractivity contribution >= 4 is 75.4 Å². The summed E-state index contributed by atoms with van der Waals surface area (Å²) in [6.45, 7) is 7.95. The minimum Gasteiger partial charge on any atom is -0.492 e. The van der Waals surface area contributed by atoms with Gasteiger partial charge in [0.05, 0.1) is 16.2 Å². The molecule has 33 heavy (non-hydrogen) atoms. The SMILES string of the molecule is CCOC(/C=c1\s/c(=C\C=C2\SCCN2CC)c(=O)n1CC)=C1/SC(=S)N(CC(=O)O)C1=O. The molecule has 8 nitrogen and oxygen atoms in total. The third-order valence-corrected chi connectivity index (χ3v) is 8.46. The van der Waals surface area contributed by atoms with Gasteiger partial charge in [0, 0.05) is 31.5 Å². The molecule has 3 rings (SSSR count). The Morgan fingerprint density at radius 3 is 2.61 bits per heavy atom. The van der Waals surface area contributed by atoms with Crippen LogP contribution in [-0.2, 0) is 20.9 Å². The zero-order valence-corrected chi connectivity index (χ0v) is 21.8. The third kappa shape index (κ3) is 5.73. The van der Waals surface area contributed by atoms with E-state index in [2.05, 4.69) is 11.8 Å². The third-order valence-electron chi connectivity index (χ3n) is 4.86. The van der Waals surface area contributed by atoms with Gasteiger partial charge in [-0.1, -0.05) is 24.0 Å². The topological polar surface area (TPSA) is 92.1 Å². The van der Waals surface area contributed by atoms with E-state index >= 15 is 0 Å². The van der Waals surface area contributed by atoms with Crippen molar-refractivity contribution in [1.29, 1.82) is 0 Å². The number of ether oxygens (including phenoxy) is 1. The number of rotatable bonds is 8. The maximum atomic E-state index is 13.0. The number of carboxylic acid groups (broad SMARTS) is 1. The summed E-state index contributed by atoms with van der Waals surface area (Å²) in [5.41, 5.74) is -0.106. The van der Waals surface area contributed by atoms with Gasteiger partial charge in [0.15, 0.2) is 0 Å². The van der Waals surface area contributed by atoms with E-state index in [-0.39, 0.29) is 20.5 Å². The molecular weight excluding hydrogens is 503 g/mol. The van der Waals surface area contributed by atoms with Gasteiger partial charge in [0.1, 0.15) is 26.2 Å². The Morgan fingerprint density at radius 1 is 1.21 bits per heavy atom. The van der Waals surface area contributed by atoms with Crippen LogP contribution in [0, 0.1) is 0 Å². The Labute approximate surface area is 209 Å². The largest absolute Gasteiger partial charge is 0.492 e. The zero-order valence-electron chi connectivity index (χ0n) is 18.5. The summed E-state index contributed by atoms with van der Waals surface area (Å²) in [6.07, 6.45) is 5.50. The van der Waals surface area contributed by atoms with Crippen LogP contribution in [0.25, 0.3) is 12.2 Å². The van der Waals surface area contributed by atoms with E-state index in [4.69, 9.17) is 22.1 Å². The minimum atomic E-state index is -1.15. The standard InChI is InChI=1S/C21H25N3O5S4/c1-4-22-9-10-31-15(22)8-7-14-19(27)23(5-2)16(32-14)11-13(29-6-3)18-20(28)24(12-17(25)26)21(30)33-18/h7-8,11H,4-6,9-10,12H2,1-3H3,(H,25,26)/b14-7-,15-8+,16-11-,18-13+. The summed E-state index contributed by atoms with van der Waals surface area (Å²) < 4.78 is 8.76. The van der Waals surface area contributed by atoms with Crippen LogP contribution < -0.4 is 14.8 Å². The molecule has 2 aliphatic rings. The number of thioether (sulfide) groups is 2. The Morgan fingerprint density at radius 2 is 1.97 bits per heavy atom. The average Bonchev–Trinajstić information content (AvgIpc) is 3.43. The van der Waals surface area contributed by atoms with E-state index in [1.54, 1.807) is 29.3 Å². The van der Waals surface area contributed by atoms with Crippen LogP contribution in [0.2, 0.25) is 0 Å². The molecule has 178 valence electrons. The summed E-state index contributed by atoms with van der Waals surface area (Å²) >= 11 is 9.29. The van der Waals surface area contributed by atoms with Crippen molar-refractivity contribution in [2.24, 2.45) is 0 Å². The first kappa shape index (κ1) is 25.6. The van der Waals surface area contributed by atoms with Gasteiger partial charge in [-0.2, -0.15) is 0 Å². The van der Waals surface area contributed by atoms with Crippen molar-refractivity contribution in [3.8, 4) is 0 Å². The molecule has 1 amide bonds. The lowest BCUT2D eigenvalue weighted by molar-refractivity contribution is -0.140. The molecule has 0 aromatic carbocycles. The number of thiocarbonyl (C=S) groups is 1. The van der Waals surface area contributed by atoms with Crippen LogP contribution in [0.3, 0.4) is 0 Å². The number of hydrogen-bond acceptors (Lipinski definition) is 9. The van der Waals surface area contributed by atoms with Crippen molar-refractivity contribution < 1.29 is 19.4 Å². The molecule has 0 aliphatic carbocycles. The van der Waals surface area contributed by atoms with E-state index in [0.29, 0.717) is 22.3 Å². The Kier molecular flexibility index (Phi) is 8.85. The molecule has 0 radical (unpaired) electrons. The van der Waals surface area contributed by atoms with E-state index < -0.39 is 18.4 Å². The molecule has 0 saturated carbocycles. The van der Waals surface area contributed by atoms with Crippen LogP contribution in [0.15, 0.2) is 26.6 Å². The molecule has 2 fully saturated rings. The predicted molar refractivity (Wildman–Crippen MR) is 138 cm³/mol. The molecule has 1 N–H and O–H groups in total. The lowest BCUT2D eigenvalue weighted by atomic mass is 10.3. The molecule has 1 aromatic heterocycles. The normalized spacial score (nSPS) is 20.5. The predicted octanol–water partition coefficient (Wildman–Crippen LogP) is 1.59. The second-order valence-corrected chi connectivity index (χ2v) is 10.7. The lowest BCUT2D eigenvalue weighted by Crippen LogP contribution is -2.33. The smallest absolute Gasteiger partial charge is 0.323 e. The number of thiazole rings is 1. The number of carbonyl (C=O) groups is 2. The Hall–Kier alpha value is -2.02. The summed E-state index contributed by atoms with van der Waals surface area (Å²) in [6, 6.07) is 0. The summed E-state index contributed by atoms with van der Waals surface area (Å²) in [5, 5.41) is 10.2. The fourth-order valence-corrected chi connectivity index (χ4v) is 6.67. The van der Waals surface area contributed by atoms with Crippen LogP contribution in [0.5, 0.6) is 0 Å². The first-order chi connectivity index (χ1) is 15.8. The fraction of sp³-hybridized carbons (Fsp3) is 0.429. The number of nitrogens with zero attached hydrogens (tertiary/aromatic N) is 3. The van der Waals surface area contributed by atoms with Gasteiger partial charge in [-0.15, -0.1) is 23.1 Å². The molecule has 3 heterocycles. The number of amides is 1. The number of aromatic nitrogens is 1. The average molecular weight is 528 g/mol. The summed E-state index contributed by atoms with van der Waals surface area (Å²) in [7, 11) is 0. The number of carboxylic acids is 1. The lowest BCUT2D eigenvalue weighted by Gasteiger charge is -2.14. The maximum absolute atomic E-state index is 13.0. The Bertz CT molecular complexity index is 1200. The van der Waals surface area contributed by atoms with Crippen LogP contribution >= 0.6 is 47.1 Å². The van der Waals surface area contributed by atoms with Crippen molar-refractivity contribution in [2.75, 3.05) is 32.0 Å². The highest BCUT2D eigenvalue weighted by Crippen LogP contribution is 2.34. The number of hydrogen-bond donors (Lipinski definition) is 1. The van der Waals surface area contributed by atoms with E-state index in [1.165, 1.54) is 11.3 Å².